The predicted molar refractivity (Wildman–Crippen MR) is 34.2 cm³/mol. The zero-order chi connectivity index (χ0) is 6.10. The highest BCUT2D eigenvalue weighted by molar-refractivity contribution is 6.01. The van der Waals surface area contributed by atoms with Crippen molar-refractivity contribution in [2.75, 3.05) is 0 Å². The van der Waals surface area contributed by atoms with Crippen LogP contribution in [0.5, 0.6) is 0 Å². The second-order valence-corrected chi connectivity index (χ2v) is 2.22. The Morgan fingerprint density at radius 2 is 2.44 bits per heavy atom. The van der Waals surface area contributed by atoms with E-state index in [1.54, 1.807) is 0 Å². The molecule has 1 aliphatic heterocycles. The third-order valence-corrected chi connectivity index (χ3v) is 1.57. The van der Waals surface area contributed by atoms with E-state index in [0.29, 0.717) is 0 Å². The molecule has 0 unspecified atom stereocenters. The lowest BCUT2D eigenvalue weighted by molar-refractivity contribution is 0.868. The van der Waals surface area contributed by atoms with Gasteiger partial charge in [-0.1, -0.05) is 6.08 Å². The number of nitrogens with zero attached hydrogens (tertiary/aromatic N) is 3. The first-order chi connectivity index (χ1) is 4.47. The lowest BCUT2D eigenvalue weighted by Crippen LogP contribution is -2.01. The first kappa shape index (κ1) is 4.85. The molecule has 0 aromatic carbocycles. The first-order valence-electron chi connectivity index (χ1n) is 3.15. The molecule has 0 amide bonds. The van der Waals surface area contributed by atoms with Gasteiger partial charge in [0.25, 0.3) is 0 Å². The van der Waals surface area contributed by atoms with Crippen LogP contribution < -0.4 is 0 Å². The summed E-state index contributed by atoms with van der Waals surface area (Å²) in [7, 11) is 0. The minimum absolute atomic E-state index is 1.00. The van der Waals surface area contributed by atoms with E-state index in [1.165, 1.54) is 6.42 Å². The van der Waals surface area contributed by atoms with Gasteiger partial charge in [-0.05, 0) is 24.5 Å². The van der Waals surface area contributed by atoms with Crippen molar-refractivity contribution in [3.63, 3.8) is 0 Å². The van der Waals surface area contributed by atoms with Crippen LogP contribution in [0.3, 0.4) is 0 Å². The highest BCUT2D eigenvalue weighted by Crippen LogP contribution is 2.20. The Bertz CT molecular complexity index is 212. The van der Waals surface area contributed by atoms with Gasteiger partial charge < -0.3 is 0 Å². The number of rotatable bonds is 0. The minimum atomic E-state index is 1.00. The van der Waals surface area contributed by atoms with Gasteiger partial charge >= 0.3 is 0 Å². The van der Waals surface area contributed by atoms with Crippen LogP contribution in [0.15, 0.2) is 27.2 Å². The van der Waals surface area contributed by atoms with Crippen LogP contribution >= 0.6 is 0 Å². The van der Waals surface area contributed by atoms with Crippen molar-refractivity contribution in [2.45, 2.75) is 19.3 Å². The third kappa shape index (κ3) is 0.686. The molecule has 3 heteroatoms. The van der Waals surface area contributed by atoms with Gasteiger partial charge in [0.1, 0.15) is 5.70 Å². The average molecular weight is 121 g/mol. The molecule has 0 atom stereocenters. The molecular formula is C6H7N3. The monoisotopic (exact) mass is 121 g/mol. The summed E-state index contributed by atoms with van der Waals surface area (Å²) in [6.45, 7) is 0. The quantitative estimate of drug-likeness (QED) is 0.469. The van der Waals surface area contributed by atoms with Gasteiger partial charge in [0, 0.05) is 0 Å². The van der Waals surface area contributed by atoms with E-state index in [0.717, 1.165) is 24.3 Å². The molecule has 0 N–H and O–H groups in total. The van der Waals surface area contributed by atoms with Crippen LogP contribution in [0.1, 0.15) is 19.3 Å². The zero-order valence-electron chi connectivity index (χ0n) is 5.04. The van der Waals surface area contributed by atoms with E-state index >= 15 is 0 Å². The molecule has 0 spiro atoms. The Labute approximate surface area is 53.2 Å². The molecule has 1 aliphatic carbocycles. The SMILES string of the molecule is C1=C2N=NN=C2CCC1. The molecule has 0 bridgehead atoms. The molecule has 0 aromatic rings. The molecule has 46 valence electrons. The molecule has 3 nitrogen and oxygen atoms in total. The van der Waals surface area contributed by atoms with Crippen molar-refractivity contribution in [1.82, 2.24) is 0 Å². The van der Waals surface area contributed by atoms with Crippen LogP contribution in [0.4, 0.5) is 0 Å². The Kier molecular flexibility index (Phi) is 0.946. The largest absolute Gasteiger partial charge is 0.133 e. The van der Waals surface area contributed by atoms with Crippen molar-refractivity contribution in [3.8, 4) is 0 Å². The van der Waals surface area contributed by atoms with Crippen LogP contribution in [0, 0.1) is 0 Å². The van der Waals surface area contributed by atoms with Crippen LogP contribution in [0.25, 0.3) is 0 Å². The fourth-order valence-corrected chi connectivity index (χ4v) is 1.08. The maximum absolute atomic E-state index is 3.86. The maximum atomic E-state index is 3.86. The number of fused-ring (bicyclic) bond motifs is 1. The zero-order valence-corrected chi connectivity index (χ0v) is 5.04. The summed E-state index contributed by atoms with van der Waals surface area (Å²) in [6, 6.07) is 0. The van der Waals surface area contributed by atoms with Crippen molar-refractivity contribution >= 4 is 5.71 Å². The molecule has 0 fully saturated rings. The van der Waals surface area contributed by atoms with Crippen molar-refractivity contribution in [3.05, 3.63) is 11.8 Å². The molecule has 0 radical (unpaired) electrons. The standard InChI is InChI=1S/C6H7N3/c1-2-4-6-5(3-1)7-9-8-6/h3H,1-2,4H2. The summed E-state index contributed by atoms with van der Waals surface area (Å²) in [5.74, 6) is 0. The van der Waals surface area contributed by atoms with Gasteiger partial charge in [-0.2, -0.15) is 0 Å². The number of allylic oxidation sites excluding steroid dienone is 2. The molecular weight excluding hydrogens is 114 g/mol. The Balaban J connectivity index is 2.38. The van der Waals surface area contributed by atoms with Crippen LogP contribution in [-0.2, 0) is 0 Å². The molecule has 9 heavy (non-hydrogen) atoms. The summed E-state index contributed by atoms with van der Waals surface area (Å²) in [5.41, 5.74) is 2.07. The average Bonchev–Trinajstić information content (AvgIpc) is 2.33. The van der Waals surface area contributed by atoms with Gasteiger partial charge in [-0.3, -0.25) is 0 Å². The lowest BCUT2D eigenvalue weighted by atomic mass is 10.0. The normalized spacial score (nSPS) is 23.1. The smallest absolute Gasteiger partial charge is 0.107 e. The third-order valence-electron chi connectivity index (χ3n) is 1.57. The Morgan fingerprint density at radius 3 is 3.33 bits per heavy atom. The van der Waals surface area contributed by atoms with Gasteiger partial charge in [-0.25, -0.2) is 0 Å². The summed E-state index contributed by atoms with van der Waals surface area (Å²) >= 11 is 0. The summed E-state index contributed by atoms with van der Waals surface area (Å²) < 4.78 is 0. The minimum Gasteiger partial charge on any atom is -0.133 e. The molecule has 2 rings (SSSR count). The molecule has 1 heterocycles. The fourth-order valence-electron chi connectivity index (χ4n) is 1.08. The van der Waals surface area contributed by atoms with Crippen molar-refractivity contribution in [1.29, 1.82) is 0 Å². The van der Waals surface area contributed by atoms with Crippen molar-refractivity contribution in [2.24, 2.45) is 15.4 Å². The Morgan fingerprint density at radius 1 is 1.44 bits per heavy atom. The molecule has 0 saturated carbocycles. The van der Waals surface area contributed by atoms with Gasteiger partial charge in [0.15, 0.2) is 0 Å². The second-order valence-electron chi connectivity index (χ2n) is 2.22. The molecule has 2 aliphatic rings. The second kappa shape index (κ2) is 1.76. The van der Waals surface area contributed by atoms with Gasteiger partial charge in [0.05, 0.1) is 5.71 Å². The molecule has 0 saturated heterocycles. The van der Waals surface area contributed by atoms with E-state index in [1.807, 2.05) is 0 Å². The lowest BCUT2D eigenvalue weighted by Gasteiger charge is -2.03. The van der Waals surface area contributed by atoms with E-state index in [-0.39, 0.29) is 0 Å². The van der Waals surface area contributed by atoms with Crippen molar-refractivity contribution < 1.29 is 0 Å². The Hall–Kier alpha value is -0.990. The highest BCUT2D eigenvalue weighted by atomic mass is 15.4. The topological polar surface area (TPSA) is 37.1 Å². The maximum Gasteiger partial charge on any atom is 0.107 e. The van der Waals surface area contributed by atoms with E-state index < -0.39 is 0 Å². The van der Waals surface area contributed by atoms with E-state index in [9.17, 15) is 0 Å². The summed E-state index contributed by atoms with van der Waals surface area (Å²) in [6.07, 6.45) is 5.48. The summed E-state index contributed by atoms with van der Waals surface area (Å²) in [4.78, 5) is 0. The molecule has 0 aromatic heterocycles. The van der Waals surface area contributed by atoms with Gasteiger partial charge in [0.2, 0.25) is 0 Å². The fraction of sp³-hybridized carbons (Fsp3) is 0.500. The first-order valence-corrected chi connectivity index (χ1v) is 3.15. The number of hydrogen-bond donors (Lipinski definition) is 0. The summed E-state index contributed by atoms with van der Waals surface area (Å²) in [5, 5.41) is 11.3. The highest BCUT2D eigenvalue weighted by Gasteiger charge is 2.14. The van der Waals surface area contributed by atoms with Crippen LogP contribution in [0.2, 0.25) is 0 Å². The van der Waals surface area contributed by atoms with E-state index in [4.69, 9.17) is 0 Å². The van der Waals surface area contributed by atoms with E-state index in [2.05, 4.69) is 21.5 Å². The number of hydrogen-bond acceptors (Lipinski definition) is 3. The van der Waals surface area contributed by atoms with Gasteiger partial charge in [-0.15, -0.1) is 10.2 Å². The van der Waals surface area contributed by atoms with Crippen LogP contribution in [-0.4, -0.2) is 5.71 Å². The predicted octanol–water partition coefficient (Wildman–Crippen LogP) is 1.88.